The lowest BCUT2D eigenvalue weighted by Gasteiger charge is -2.20. The molecule has 1 aromatic heterocycles. The molecule has 0 aliphatic carbocycles. The molecule has 100 valence electrons. The Balaban J connectivity index is 2.20. The van der Waals surface area contributed by atoms with Crippen LogP contribution in [0, 0.1) is 5.41 Å². The van der Waals surface area contributed by atoms with Gasteiger partial charge in [0, 0.05) is 13.1 Å². The molecule has 0 unspecified atom stereocenters. The Hall–Kier alpha value is -1.10. The van der Waals surface area contributed by atoms with E-state index in [1.54, 1.807) is 0 Å². The van der Waals surface area contributed by atoms with Gasteiger partial charge in [-0.25, -0.2) is 0 Å². The predicted octanol–water partition coefficient (Wildman–Crippen LogP) is 2.55. The Labute approximate surface area is 113 Å². The van der Waals surface area contributed by atoms with Gasteiger partial charge in [-0.1, -0.05) is 13.8 Å². The third-order valence-corrected chi connectivity index (χ3v) is 3.05. The van der Waals surface area contributed by atoms with Gasteiger partial charge in [0.1, 0.15) is 0 Å². The van der Waals surface area contributed by atoms with Crippen molar-refractivity contribution in [3.63, 3.8) is 0 Å². The number of aromatic nitrogens is 3. The van der Waals surface area contributed by atoms with Crippen molar-refractivity contribution in [3.8, 4) is 6.01 Å². The molecule has 0 saturated carbocycles. The van der Waals surface area contributed by atoms with Crippen molar-refractivity contribution in [2.45, 2.75) is 40.2 Å². The second kappa shape index (κ2) is 4.88. The van der Waals surface area contributed by atoms with Crippen molar-refractivity contribution < 1.29 is 4.74 Å². The maximum atomic E-state index is 5.91. The summed E-state index contributed by atoms with van der Waals surface area (Å²) in [6.45, 7) is 10.2. The first-order valence-electron chi connectivity index (χ1n) is 6.19. The fourth-order valence-corrected chi connectivity index (χ4v) is 2.16. The zero-order chi connectivity index (χ0) is 13.3. The van der Waals surface area contributed by atoms with Crippen molar-refractivity contribution >= 4 is 17.5 Å². The van der Waals surface area contributed by atoms with Crippen LogP contribution >= 0.6 is 11.6 Å². The van der Waals surface area contributed by atoms with E-state index < -0.39 is 0 Å². The van der Waals surface area contributed by atoms with Gasteiger partial charge in [-0.3, -0.25) is 0 Å². The van der Waals surface area contributed by atoms with E-state index in [0.717, 1.165) is 19.5 Å². The Morgan fingerprint density at radius 3 is 2.56 bits per heavy atom. The van der Waals surface area contributed by atoms with E-state index in [2.05, 4.69) is 33.7 Å². The van der Waals surface area contributed by atoms with Crippen LogP contribution in [-0.4, -0.2) is 34.1 Å². The third kappa shape index (κ3) is 3.22. The minimum atomic E-state index is 0.0198. The summed E-state index contributed by atoms with van der Waals surface area (Å²) in [6.07, 6.45) is 1.14. The molecule has 1 fully saturated rings. The maximum absolute atomic E-state index is 5.91. The molecule has 0 amide bonds. The van der Waals surface area contributed by atoms with Crippen molar-refractivity contribution in [2.24, 2.45) is 5.41 Å². The van der Waals surface area contributed by atoms with E-state index >= 15 is 0 Å². The highest BCUT2D eigenvalue weighted by molar-refractivity contribution is 6.28. The first-order chi connectivity index (χ1) is 8.35. The summed E-state index contributed by atoms with van der Waals surface area (Å²) in [4.78, 5) is 14.6. The van der Waals surface area contributed by atoms with Gasteiger partial charge in [-0.05, 0) is 37.3 Å². The highest BCUT2D eigenvalue weighted by Gasteiger charge is 2.31. The average Bonchev–Trinajstić information content (AvgIpc) is 2.57. The van der Waals surface area contributed by atoms with E-state index in [1.807, 2.05) is 13.8 Å². The molecule has 6 heteroatoms. The summed E-state index contributed by atoms with van der Waals surface area (Å²) in [6, 6.07) is 0.296. The summed E-state index contributed by atoms with van der Waals surface area (Å²) in [5.74, 6) is 0.608. The topological polar surface area (TPSA) is 51.1 Å². The van der Waals surface area contributed by atoms with Crippen molar-refractivity contribution in [1.29, 1.82) is 0 Å². The van der Waals surface area contributed by atoms with Gasteiger partial charge in [0.15, 0.2) is 0 Å². The molecule has 0 atom stereocenters. The average molecular weight is 271 g/mol. The molecule has 2 rings (SSSR count). The summed E-state index contributed by atoms with van der Waals surface area (Å²) in [5.41, 5.74) is 0.290. The number of hydrogen-bond acceptors (Lipinski definition) is 5. The van der Waals surface area contributed by atoms with E-state index in [4.69, 9.17) is 16.3 Å². The molecule has 0 aromatic carbocycles. The number of rotatable bonds is 3. The molecule has 1 aliphatic heterocycles. The van der Waals surface area contributed by atoms with Gasteiger partial charge >= 0.3 is 6.01 Å². The highest BCUT2D eigenvalue weighted by Crippen LogP contribution is 2.31. The fourth-order valence-electron chi connectivity index (χ4n) is 2.01. The Kier molecular flexibility index (Phi) is 3.61. The minimum absolute atomic E-state index is 0.0198. The van der Waals surface area contributed by atoms with Gasteiger partial charge in [-0.15, -0.1) is 0 Å². The molecule has 1 aromatic rings. The highest BCUT2D eigenvalue weighted by atomic mass is 35.5. The number of ether oxygens (including phenoxy) is 1. The van der Waals surface area contributed by atoms with Crippen LogP contribution in [0.15, 0.2) is 0 Å². The lowest BCUT2D eigenvalue weighted by atomic mass is 9.93. The zero-order valence-corrected chi connectivity index (χ0v) is 12.0. The SMILES string of the molecule is CC(C)Oc1nc(Cl)nc(N2CCC(C)(C)C2)n1. The van der Waals surface area contributed by atoms with E-state index in [0.29, 0.717) is 12.0 Å². The first-order valence-corrected chi connectivity index (χ1v) is 6.57. The predicted molar refractivity (Wildman–Crippen MR) is 71.2 cm³/mol. The fraction of sp³-hybridized carbons (Fsp3) is 0.750. The Bertz CT molecular complexity index is 436. The Morgan fingerprint density at radius 2 is 2.00 bits per heavy atom. The molecular weight excluding hydrogens is 252 g/mol. The molecule has 5 nitrogen and oxygen atoms in total. The molecular formula is C12H19ClN4O. The second-order valence-electron chi connectivity index (χ2n) is 5.69. The largest absolute Gasteiger partial charge is 0.461 e. The molecule has 0 bridgehead atoms. The zero-order valence-electron chi connectivity index (χ0n) is 11.3. The quantitative estimate of drug-likeness (QED) is 0.845. The monoisotopic (exact) mass is 270 g/mol. The molecule has 1 saturated heterocycles. The molecule has 1 aliphatic rings. The van der Waals surface area contributed by atoms with Gasteiger partial charge in [-0.2, -0.15) is 15.0 Å². The van der Waals surface area contributed by atoms with Crippen LogP contribution in [0.2, 0.25) is 5.28 Å². The lowest BCUT2D eigenvalue weighted by molar-refractivity contribution is 0.221. The number of anilines is 1. The van der Waals surface area contributed by atoms with Crippen LogP contribution < -0.4 is 9.64 Å². The molecule has 0 radical (unpaired) electrons. The van der Waals surface area contributed by atoms with Crippen LogP contribution in [-0.2, 0) is 0 Å². The van der Waals surface area contributed by atoms with Gasteiger partial charge in [0.25, 0.3) is 0 Å². The van der Waals surface area contributed by atoms with Crippen LogP contribution in [0.3, 0.4) is 0 Å². The van der Waals surface area contributed by atoms with Crippen LogP contribution in [0.1, 0.15) is 34.1 Å². The van der Waals surface area contributed by atoms with Crippen LogP contribution in [0.25, 0.3) is 0 Å². The summed E-state index contributed by atoms with van der Waals surface area (Å²) in [5, 5.41) is 0.181. The minimum Gasteiger partial charge on any atom is -0.461 e. The van der Waals surface area contributed by atoms with Gasteiger partial charge in [0.2, 0.25) is 11.2 Å². The van der Waals surface area contributed by atoms with Crippen molar-refractivity contribution in [2.75, 3.05) is 18.0 Å². The number of hydrogen-bond donors (Lipinski definition) is 0. The smallest absolute Gasteiger partial charge is 0.322 e. The summed E-state index contributed by atoms with van der Waals surface area (Å²) >= 11 is 5.91. The van der Waals surface area contributed by atoms with Gasteiger partial charge < -0.3 is 9.64 Å². The Morgan fingerprint density at radius 1 is 1.28 bits per heavy atom. The molecule has 2 heterocycles. The maximum Gasteiger partial charge on any atom is 0.322 e. The van der Waals surface area contributed by atoms with Gasteiger partial charge in [0.05, 0.1) is 6.10 Å². The lowest BCUT2D eigenvalue weighted by Crippen LogP contribution is -2.25. The summed E-state index contributed by atoms with van der Waals surface area (Å²) < 4.78 is 5.47. The molecule has 0 spiro atoms. The van der Waals surface area contributed by atoms with Crippen LogP contribution in [0.4, 0.5) is 5.95 Å². The molecule has 0 N–H and O–H groups in total. The normalized spacial score (nSPS) is 18.4. The first kappa shape index (κ1) is 13.3. The second-order valence-corrected chi connectivity index (χ2v) is 6.03. The van der Waals surface area contributed by atoms with E-state index in [-0.39, 0.29) is 16.8 Å². The van der Waals surface area contributed by atoms with E-state index in [9.17, 15) is 0 Å². The van der Waals surface area contributed by atoms with Crippen LogP contribution in [0.5, 0.6) is 6.01 Å². The number of halogens is 1. The van der Waals surface area contributed by atoms with E-state index in [1.165, 1.54) is 0 Å². The summed E-state index contributed by atoms with van der Waals surface area (Å²) in [7, 11) is 0. The molecule has 18 heavy (non-hydrogen) atoms. The van der Waals surface area contributed by atoms with Crippen molar-refractivity contribution in [1.82, 2.24) is 15.0 Å². The third-order valence-electron chi connectivity index (χ3n) is 2.88. The number of nitrogens with zero attached hydrogens (tertiary/aromatic N) is 4. The van der Waals surface area contributed by atoms with Crippen molar-refractivity contribution in [3.05, 3.63) is 5.28 Å². The standard InChI is InChI=1S/C12H19ClN4O/c1-8(2)18-11-15-9(13)14-10(16-11)17-6-5-12(3,4)7-17/h8H,5-7H2,1-4H3.